The van der Waals surface area contributed by atoms with E-state index < -0.39 is 0 Å². The van der Waals surface area contributed by atoms with Crippen LogP contribution in [0.25, 0.3) is 0 Å². The molecular weight excluding hydrogens is 619 g/mol. The van der Waals surface area contributed by atoms with E-state index in [0.717, 1.165) is 30.5 Å². The standard InChI is InChI=1S/C9H19NS2.C5H11NOS.C3H7NS2.3Zn/c1-3-5-7-10(9(11)12)8-6-4-2;1-3-6(4-2)5(7)8;1-4(2)3(5)6;;;/h3-8H2,1-2H3,(H,11,12);3-4H2,1-2H3,(H,7,8);1-2H3,(H,5,6);;;/q;;;3*+2. The van der Waals surface area contributed by atoms with E-state index in [1.54, 1.807) is 9.80 Å². The van der Waals surface area contributed by atoms with E-state index in [1.165, 1.54) is 25.7 Å². The van der Waals surface area contributed by atoms with Crippen LogP contribution in [0.15, 0.2) is 0 Å². The van der Waals surface area contributed by atoms with Crippen LogP contribution in [-0.2, 0) is 58.4 Å². The fourth-order valence-corrected chi connectivity index (χ4v) is 2.16. The van der Waals surface area contributed by atoms with Gasteiger partial charge in [0, 0.05) is 40.3 Å². The second-order valence-electron chi connectivity index (χ2n) is 5.61. The summed E-state index contributed by atoms with van der Waals surface area (Å²) in [5, 5.41) is -0.144. The van der Waals surface area contributed by atoms with Gasteiger partial charge in [0.25, 0.3) is 5.24 Å². The molecule has 0 N–H and O–H groups in total. The van der Waals surface area contributed by atoms with Gasteiger partial charge in [0.2, 0.25) is 0 Å². The number of unbranched alkanes of at least 4 members (excludes halogenated alkanes) is 2. The van der Waals surface area contributed by atoms with Gasteiger partial charge >= 0.3 is 58.4 Å². The minimum Gasteiger partial charge on any atom is -0.364 e. The topological polar surface area (TPSA) is 26.8 Å². The number of amides is 1. The zero-order valence-corrected chi connectivity index (χ0v) is 32.4. The number of hydrogen-bond donors (Lipinski definition) is 3. The Morgan fingerprint density at radius 2 is 1.03 bits per heavy atom. The van der Waals surface area contributed by atoms with Crippen molar-refractivity contribution >= 4 is 76.2 Å². The molecule has 4 nitrogen and oxygen atoms in total. The number of carbonyl (C=O) groups is 1. The Morgan fingerprint density at radius 3 is 1.14 bits per heavy atom. The molecule has 0 aromatic heterocycles. The van der Waals surface area contributed by atoms with Crippen molar-refractivity contribution in [2.75, 3.05) is 40.3 Å². The molecule has 29 heavy (non-hydrogen) atoms. The van der Waals surface area contributed by atoms with Gasteiger partial charge in [-0.25, -0.2) is 0 Å². The maximum atomic E-state index is 10.4. The van der Waals surface area contributed by atoms with E-state index in [4.69, 9.17) is 12.2 Å². The van der Waals surface area contributed by atoms with E-state index >= 15 is 0 Å². The fraction of sp³-hybridized carbons (Fsp3) is 0.824. The van der Waals surface area contributed by atoms with Crippen molar-refractivity contribution in [1.29, 1.82) is 0 Å². The Bertz CT molecular complexity index is 383. The molecule has 0 aromatic carbocycles. The molecule has 156 valence electrons. The fourth-order valence-electron chi connectivity index (χ4n) is 1.50. The van der Waals surface area contributed by atoms with Crippen LogP contribution in [0.5, 0.6) is 0 Å². The van der Waals surface area contributed by atoms with Crippen molar-refractivity contribution in [2.45, 2.75) is 53.4 Å². The molecule has 0 unspecified atom stereocenters. The number of thiocarbonyl (C=S) groups is 2. The summed E-state index contributed by atoms with van der Waals surface area (Å²) in [7, 11) is 3.71. The number of nitrogens with zero attached hydrogens (tertiary/aromatic N) is 3. The molecule has 0 bridgehead atoms. The van der Waals surface area contributed by atoms with E-state index in [2.05, 4.69) is 68.9 Å². The first-order chi connectivity index (χ1) is 12.1. The molecule has 0 aromatic rings. The summed E-state index contributed by atoms with van der Waals surface area (Å²) >= 11 is 21.3. The SMILES string of the molecule is CCCCN(CCCC)C(=S)S.CCN(CC)C(=O)S.CN(C)C(=S)S.[Zn+2].[Zn+2].[Zn+2]. The molecule has 0 aliphatic heterocycles. The van der Waals surface area contributed by atoms with Crippen molar-refractivity contribution in [3.05, 3.63) is 0 Å². The number of thiol groups is 3. The molecule has 12 heteroatoms. The maximum absolute atomic E-state index is 10.4. The first kappa shape index (κ1) is 44.8. The van der Waals surface area contributed by atoms with Gasteiger partial charge in [0.15, 0.2) is 0 Å². The third-order valence-corrected chi connectivity index (χ3v) is 4.84. The molecular formula is C17H37N3OS5Zn3+6. The van der Waals surface area contributed by atoms with Gasteiger partial charge in [0.1, 0.15) is 8.64 Å². The van der Waals surface area contributed by atoms with Crippen LogP contribution in [0.2, 0.25) is 0 Å². The van der Waals surface area contributed by atoms with E-state index in [0.29, 0.717) is 4.32 Å². The average molecular weight is 656 g/mol. The zero-order chi connectivity index (χ0) is 21.1. The van der Waals surface area contributed by atoms with Crippen molar-refractivity contribution in [3.8, 4) is 0 Å². The molecule has 0 saturated heterocycles. The summed E-state index contributed by atoms with van der Waals surface area (Å²) in [6, 6.07) is 0. The molecule has 0 fully saturated rings. The summed E-state index contributed by atoms with van der Waals surface area (Å²) in [4.78, 5) is 16.0. The molecule has 0 aliphatic rings. The van der Waals surface area contributed by atoms with Gasteiger partial charge < -0.3 is 14.7 Å². The minimum absolute atomic E-state index is 0. The predicted octanol–water partition coefficient (Wildman–Crippen LogP) is 5.24. The molecule has 0 spiro atoms. The van der Waals surface area contributed by atoms with Crippen LogP contribution in [0.4, 0.5) is 4.79 Å². The second kappa shape index (κ2) is 32.4. The smallest absolute Gasteiger partial charge is 0.364 e. The molecule has 0 heterocycles. The van der Waals surface area contributed by atoms with Crippen LogP contribution >= 0.6 is 62.3 Å². The van der Waals surface area contributed by atoms with Crippen molar-refractivity contribution in [2.24, 2.45) is 0 Å². The van der Waals surface area contributed by atoms with Crippen LogP contribution in [-0.4, -0.2) is 68.9 Å². The van der Waals surface area contributed by atoms with Crippen molar-refractivity contribution < 1.29 is 63.2 Å². The summed E-state index contributed by atoms with van der Waals surface area (Å²) in [5.41, 5.74) is 0. The second-order valence-corrected chi connectivity index (χ2v) is 8.22. The summed E-state index contributed by atoms with van der Waals surface area (Å²) in [6.07, 6.45) is 4.87. The minimum atomic E-state index is -0.144. The van der Waals surface area contributed by atoms with Crippen LogP contribution < -0.4 is 0 Å². The normalized spacial score (nSPS) is 8.17. The van der Waals surface area contributed by atoms with Crippen molar-refractivity contribution in [1.82, 2.24) is 14.7 Å². The Kier molecular flexibility index (Phi) is 50.0. The van der Waals surface area contributed by atoms with E-state index in [9.17, 15) is 4.79 Å². The molecule has 0 atom stereocenters. The Morgan fingerprint density at radius 1 is 0.724 bits per heavy atom. The van der Waals surface area contributed by atoms with Gasteiger partial charge in [-0.1, -0.05) is 63.8 Å². The molecule has 0 radical (unpaired) electrons. The Labute approximate surface area is 245 Å². The predicted molar refractivity (Wildman–Crippen MR) is 136 cm³/mol. The quantitative estimate of drug-likeness (QED) is 0.189. The summed E-state index contributed by atoms with van der Waals surface area (Å²) in [6.45, 7) is 11.9. The van der Waals surface area contributed by atoms with Crippen molar-refractivity contribution in [3.63, 3.8) is 0 Å². The van der Waals surface area contributed by atoms with Gasteiger partial charge in [-0.15, -0.1) is 25.3 Å². The third kappa shape index (κ3) is 35.0. The molecule has 1 amide bonds. The monoisotopic (exact) mass is 651 g/mol. The van der Waals surface area contributed by atoms with Gasteiger partial charge in [-0.2, -0.15) is 0 Å². The van der Waals surface area contributed by atoms with Gasteiger partial charge in [-0.05, 0) is 26.7 Å². The summed E-state index contributed by atoms with van der Waals surface area (Å²) in [5.74, 6) is 0. The van der Waals surface area contributed by atoms with Crippen LogP contribution in [0.3, 0.4) is 0 Å². The maximum Gasteiger partial charge on any atom is 2.00 e. The molecule has 0 aliphatic carbocycles. The van der Waals surface area contributed by atoms with Crippen LogP contribution in [0.1, 0.15) is 53.4 Å². The number of hydrogen-bond acceptors (Lipinski definition) is 3. The van der Waals surface area contributed by atoms with E-state index in [-0.39, 0.29) is 63.7 Å². The number of carbonyl (C=O) groups excluding carboxylic acids is 1. The Hall–Kier alpha value is 2.17. The van der Waals surface area contributed by atoms with Crippen LogP contribution in [0, 0.1) is 0 Å². The molecule has 0 saturated carbocycles. The Balaban J connectivity index is -0.0000000689. The first-order valence-corrected chi connectivity index (χ1v) is 11.1. The summed E-state index contributed by atoms with van der Waals surface area (Å²) < 4.78 is 1.37. The van der Waals surface area contributed by atoms with Gasteiger partial charge in [-0.3, -0.25) is 4.79 Å². The van der Waals surface area contributed by atoms with Gasteiger partial charge in [0.05, 0.1) is 0 Å². The first-order valence-electron chi connectivity index (χ1n) is 8.94. The zero-order valence-electron chi connectivity index (χ0n) is 19.2. The van der Waals surface area contributed by atoms with E-state index in [1.807, 2.05) is 27.9 Å². The number of rotatable bonds is 8. The molecule has 0 rings (SSSR count). The largest absolute Gasteiger partial charge is 2.00 e. The third-order valence-electron chi connectivity index (χ3n) is 3.25. The average Bonchev–Trinajstić information content (AvgIpc) is 2.56.